The summed E-state index contributed by atoms with van der Waals surface area (Å²) in [5.41, 5.74) is -0.308. The van der Waals surface area contributed by atoms with Crippen LogP contribution in [0.15, 0.2) is 23.3 Å². The molecule has 8 heteroatoms. The highest BCUT2D eigenvalue weighted by atomic mass is 16.6. The van der Waals surface area contributed by atoms with Crippen molar-refractivity contribution in [3.05, 3.63) is 38.9 Å². The van der Waals surface area contributed by atoms with Gasteiger partial charge in [-0.15, -0.1) is 0 Å². The predicted molar refractivity (Wildman–Crippen MR) is 77.7 cm³/mol. The van der Waals surface area contributed by atoms with Crippen LogP contribution in [0.2, 0.25) is 0 Å². The lowest BCUT2D eigenvalue weighted by molar-refractivity contribution is -0.385. The summed E-state index contributed by atoms with van der Waals surface area (Å²) in [5.74, 6) is 0.108. The Labute approximate surface area is 120 Å². The number of aromatic nitrogens is 2. The maximum absolute atomic E-state index is 11.6. The Balaban J connectivity index is 2.31. The minimum absolute atomic E-state index is 0.108. The molecule has 0 saturated carbocycles. The number of rotatable bonds is 6. The molecular weight excluding hydrogens is 276 g/mol. The van der Waals surface area contributed by atoms with Crippen LogP contribution in [0.3, 0.4) is 0 Å². The fraction of sp³-hybridized carbons (Fsp3) is 0.385. The summed E-state index contributed by atoms with van der Waals surface area (Å²) in [4.78, 5) is 28.5. The van der Waals surface area contributed by atoms with Crippen molar-refractivity contribution in [1.82, 2.24) is 15.3 Å². The second kappa shape index (κ2) is 6.31. The highest BCUT2D eigenvalue weighted by molar-refractivity contribution is 5.82. The number of nitrogens with zero attached hydrogens (tertiary/aromatic N) is 2. The van der Waals surface area contributed by atoms with E-state index in [1.54, 1.807) is 0 Å². The lowest BCUT2D eigenvalue weighted by Gasteiger charge is -2.10. The van der Waals surface area contributed by atoms with Crippen LogP contribution in [-0.2, 0) is 0 Å². The monoisotopic (exact) mass is 292 g/mol. The first kappa shape index (κ1) is 14.9. The van der Waals surface area contributed by atoms with Crippen molar-refractivity contribution in [1.29, 1.82) is 0 Å². The molecule has 0 aliphatic carbocycles. The van der Waals surface area contributed by atoms with Crippen LogP contribution in [-0.4, -0.2) is 34.1 Å². The van der Waals surface area contributed by atoms with Gasteiger partial charge in [-0.05, 0) is 0 Å². The average Bonchev–Trinajstić information content (AvgIpc) is 2.43. The van der Waals surface area contributed by atoms with Crippen LogP contribution in [0.5, 0.6) is 5.75 Å². The van der Waals surface area contributed by atoms with Gasteiger partial charge in [-0.2, -0.15) is 0 Å². The first-order chi connectivity index (χ1) is 9.99. The Morgan fingerprint density at radius 2 is 2.24 bits per heavy atom. The van der Waals surface area contributed by atoms with Gasteiger partial charge in [0, 0.05) is 24.7 Å². The number of H-pyrrole nitrogens is 1. The summed E-state index contributed by atoms with van der Waals surface area (Å²) < 4.78 is 5.44. The van der Waals surface area contributed by atoms with E-state index in [1.165, 1.54) is 18.5 Å². The number of nitro groups is 1. The molecule has 0 unspecified atom stereocenters. The number of ether oxygens (including phenoxy) is 1. The molecule has 0 spiro atoms. The van der Waals surface area contributed by atoms with Crippen molar-refractivity contribution in [3.8, 4) is 5.75 Å². The van der Waals surface area contributed by atoms with Crippen molar-refractivity contribution in [2.75, 3.05) is 13.2 Å². The third-order valence-electron chi connectivity index (χ3n) is 2.83. The minimum Gasteiger partial charge on any atom is -0.485 e. The third-order valence-corrected chi connectivity index (χ3v) is 2.83. The van der Waals surface area contributed by atoms with Crippen LogP contribution in [0.4, 0.5) is 5.69 Å². The average molecular weight is 292 g/mol. The molecule has 0 aliphatic heterocycles. The van der Waals surface area contributed by atoms with Crippen LogP contribution in [0.1, 0.15) is 13.8 Å². The Morgan fingerprint density at radius 3 is 2.90 bits per heavy atom. The number of fused-ring (bicyclic) bond motifs is 1. The molecule has 1 heterocycles. The molecule has 0 aliphatic rings. The van der Waals surface area contributed by atoms with Gasteiger partial charge < -0.3 is 15.0 Å². The Morgan fingerprint density at radius 1 is 1.48 bits per heavy atom. The molecule has 0 radical (unpaired) electrons. The van der Waals surface area contributed by atoms with E-state index in [0.717, 1.165) is 0 Å². The van der Waals surface area contributed by atoms with Gasteiger partial charge in [0.1, 0.15) is 6.61 Å². The van der Waals surface area contributed by atoms with Crippen molar-refractivity contribution in [3.63, 3.8) is 0 Å². The fourth-order valence-electron chi connectivity index (χ4n) is 1.85. The molecule has 0 saturated heterocycles. The van der Waals surface area contributed by atoms with E-state index in [2.05, 4.69) is 15.3 Å². The lowest BCUT2D eigenvalue weighted by atomic mass is 10.2. The molecule has 2 rings (SSSR count). The molecule has 0 fully saturated rings. The summed E-state index contributed by atoms with van der Waals surface area (Å²) in [6.07, 6.45) is 1.25. The van der Waals surface area contributed by atoms with E-state index < -0.39 is 10.5 Å². The zero-order valence-electron chi connectivity index (χ0n) is 11.8. The first-order valence-corrected chi connectivity index (χ1v) is 6.51. The highest BCUT2D eigenvalue weighted by Crippen LogP contribution is 2.29. The maximum Gasteiger partial charge on any atom is 0.311 e. The van der Waals surface area contributed by atoms with E-state index in [-0.39, 0.29) is 23.4 Å². The van der Waals surface area contributed by atoms with E-state index in [0.29, 0.717) is 18.1 Å². The molecule has 21 heavy (non-hydrogen) atoms. The van der Waals surface area contributed by atoms with Gasteiger partial charge in [0.25, 0.3) is 5.56 Å². The summed E-state index contributed by atoms with van der Waals surface area (Å²) in [7, 11) is 0. The molecule has 1 aromatic heterocycles. The molecule has 0 atom stereocenters. The third kappa shape index (κ3) is 3.54. The molecule has 0 bridgehead atoms. The first-order valence-electron chi connectivity index (χ1n) is 6.51. The summed E-state index contributed by atoms with van der Waals surface area (Å²) >= 11 is 0. The number of benzene rings is 1. The van der Waals surface area contributed by atoms with Gasteiger partial charge in [-0.25, -0.2) is 4.98 Å². The standard InChI is InChI=1S/C13H16N4O4/c1-8(2)14-3-4-21-12-6-10-9(5-11(12)17(19)20)13(18)16-7-15-10/h5-8,14H,3-4H2,1-2H3,(H,15,16,18). The van der Waals surface area contributed by atoms with Crippen molar-refractivity contribution < 1.29 is 9.66 Å². The highest BCUT2D eigenvalue weighted by Gasteiger charge is 2.18. The smallest absolute Gasteiger partial charge is 0.311 e. The molecule has 2 N–H and O–H groups in total. The molecule has 112 valence electrons. The van der Waals surface area contributed by atoms with Crippen LogP contribution >= 0.6 is 0 Å². The lowest BCUT2D eigenvalue weighted by Crippen LogP contribution is -2.27. The summed E-state index contributed by atoms with van der Waals surface area (Å²) in [6.45, 7) is 4.84. The van der Waals surface area contributed by atoms with E-state index >= 15 is 0 Å². The van der Waals surface area contributed by atoms with Crippen LogP contribution in [0, 0.1) is 10.1 Å². The normalized spacial score (nSPS) is 11.0. The fourth-order valence-corrected chi connectivity index (χ4v) is 1.85. The Kier molecular flexibility index (Phi) is 4.49. The van der Waals surface area contributed by atoms with Crippen molar-refractivity contribution in [2.24, 2.45) is 0 Å². The van der Waals surface area contributed by atoms with Gasteiger partial charge in [0.2, 0.25) is 0 Å². The zero-order valence-corrected chi connectivity index (χ0v) is 11.8. The number of hydrogen-bond acceptors (Lipinski definition) is 6. The summed E-state index contributed by atoms with van der Waals surface area (Å²) in [5, 5.41) is 14.4. The van der Waals surface area contributed by atoms with Crippen molar-refractivity contribution >= 4 is 16.6 Å². The summed E-state index contributed by atoms with van der Waals surface area (Å²) in [6, 6.07) is 2.91. The van der Waals surface area contributed by atoms with Gasteiger partial charge in [0.05, 0.1) is 22.2 Å². The number of aromatic amines is 1. The molecule has 0 amide bonds. The molecular formula is C13H16N4O4. The largest absolute Gasteiger partial charge is 0.485 e. The second-order valence-corrected chi connectivity index (χ2v) is 4.78. The van der Waals surface area contributed by atoms with Gasteiger partial charge >= 0.3 is 5.69 Å². The second-order valence-electron chi connectivity index (χ2n) is 4.78. The SMILES string of the molecule is CC(C)NCCOc1cc2nc[nH]c(=O)c2cc1[N+](=O)[O-]. The Bertz CT molecular complexity index is 711. The number of hydrogen-bond donors (Lipinski definition) is 2. The van der Waals surface area contributed by atoms with Gasteiger partial charge in [0.15, 0.2) is 5.75 Å². The van der Waals surface area contributed by atoms with Gasteiger partial charge in [-0.1, -0.05) is 13.8 Å². The van der Waals surface area contributed by atoms with E-state index in [9.17, 15) is 14.9 Å². The molecule has 8 nitrogen and oxygen atoms in total. The van der Waals surface area contributed by atoms with E-state index in [4.69, 9.17) is 4.74 Å². The maximum atomic E-state index is 11.6. The van der Waals surface area contributed by atoms with Crippen LogP contribution < -0.4 is 15.6 Å². The number of nitrogens with one attached hydrogen (secondary N) is 2. The minimum atomic E-state index is -0.572. The van der Waals surface area contributed by atoms with Gasteiger partial charge in [-0.3, -0.25) is 14.9 Å². The van der Waals surface area contributed by atoms with Crippen LogP contribution in [0.25, 0.3) is 10.9 Å². The van der Waals surface area contributed by atoms with E-state index in [1.807, 2.05) is 13.8 Å². The quantitative estimate of drug-likeness (QED) is 0.470. The molecule has 2 aromatic rings. The van der Waals surface area contributed by atoms with Crippen molar-refractivity contribution in [2.45, 2.75) is 19.9 Å². The predicted octanol–water partition coefficient (Wildman–Crippen LogP) is 1.21. The molecule has 1 aromatic carbocycles. The number of nitro benzene ring substituents is 1. The topological polar surface area (TPSA) is 110 Å². The Hall–Kier alpha value is -2.48. The zero-order chi connectivity index (χ0) is 15.4.